The van der Waals surface area contributed by atoms with Crippen molar-refractivity contribution in [3.63, 3.8) is 0 Å². The van der Waals surface area contributed by atoms with Crippen LogP contribution in [-0.4, -0.2) is 48.7 Å². The first-order valence-corrected chi connectivity index (χ1v) is 12.2. The summed E-state index contributed by atoms with van der Waals surface area (Å²) in [7, 11) is -3.58. The minimum absolute atomic E-state index is 0.00795. The number of carbonyl (C=O) groups excluding carboxylic acids is 1. The van der Waals surface area contributed by atoms with Crippen LogP contribution in [0.25, 0.3) is 0 Å². The summed E-state index contributed by atoms with van der Waals surface area (Å²) in [6.07, 6.45) is 8.50. The third-order valence-corrected chi connectivity index (χ3v) is 8.41. The summed E-state index contributed by atoms with van der Waals surface area (Å²) >= 11 is 0. The Balaban J connectivity index is 1.91. The highest BCUT2D eigenvalue weighted by Gasteiger charge is 2.32. The topological polar surface area (TPSA) is 57.7 Å². The maximum atomic E-state index is 13.3. The van der Waals surface area contributed by atoms with Gasteiger partial charge in [0, 0.05) is 30.7 Å². The summed E-state index contributed by atoms with van der Waals surface area (Å²) in [4.78, 5) is 15.5. The molecule has 0 N–H and O–H groups in total. The Bertz CT molecular complexity index is 800. The van der Waals surface area contributed by atoms with Crippen molar-refractivity contribution < 1.29 is 13.2 Å². The predicted molar refractivity (Wildman–Crippen MR) is 112 cm³/mol. The fourth-order valence-electron chi connectivity index (χ4n) is 4.67. The zero-order valence-corrected chi connectivity index (χ0v) is 18.3. The molecule has 1 aliphatic carbocycles. The van der Waals surface area contributed by atoms with Crippen molar-refractivity contribution in [3.05, 3.63) is 29.3 Å². The Morgan fingerprint density at radius 3 is 2.43 bits per heavy atom. The molecule has 1 aliphatic heterocycles. The van der Waals surface area contributed by atoms with Crippen LogP contribution in [0.1, 0.15) is 81.1 Å². The van der Waals surface area contributed by atoms with Crippen LogP contribution in [0.3, 0.4) is 0 Å². The lowest BCUT2D eigenvalue weighted by atomic mass is 9.93. The molecule has 1 saturated heterocycles. The van der Waals surface area contributed by atoms with E-state index >= 15 is 0 Å². The van der Waals surface area contributed by atoms with E-state index in [-0.39, 0.29) is 22.9 Å². The SMILES string of the molecule is CCN(C(=O)c1cc(S(=O)(=O)N2CCCCC2C)ccc1C)C1CCCCC1. The van der Waals surface area contributed by atoms with Crippen LogP contribution >= 0.6 is 0 Å². The lowest BCUT2D eigenvalue weighted by molar-refractivity contribution is 0.0647. The molecule has 2 fully saturated rings. The van der Waals surface area contributed by atoms with Crippen LogP contribution in [-0.2, 0) is 10.0 Å². The largest absolute Gasteiger partial charge is 0.336 e. The summed E-state index contributed by atoms with van der Waals surface area (Å²) in [5.74, 6) is -0.0318. The zero-order valence-electron chi connectivity index (χ0n) is 17.5. The van der Waals surface area contributed by atoms with E-state index in [1.165, 1.54) is 6.42 Å². The molecule has 28 heavy (non-hydrogen) atoms. The molecule has 3 rings (SSSR count). The molecule has 1 heterocycles. The van der Waals surface area contributed by atoms with E-state index in [1.54, 1.807) is 22.5 Å². The highest BCUT2D eigenvalue weighted by molar-refractivity contribution is 7.89. The van der Waals surface area contributed by atoms with E-state index in [1.807, 2.05) is 25.7 Å². The molecular formula is C22H34N2O3S. The zero-order chi connectivity index (χ0) is 20.3. The van der Waals surface area contributed by atoms with Gasteiger partial charge in [0.2, 0.25) is 10.0 Å². The van der Waals surface area contributed by atoms with Gasteiger partial charge >= 0.3 is 0 Å². The van der Waals surface area contributed by atoms with Crippen molar-refractivity contribution in [2.45, 2.75) is 89.1 Å². The Morgan fingerprint density at radius 1 is 1.11 bits per heavy atom. The van der Waals surface area contributed by atoms with Crippen molar-refractivity contribution in [1.29, 1.82) is 0 Å². The number of hydrogen-bond acceptors (Lipinski definition) is 3. The van der Waals surface area contributed by atoms with Crippen LogP contribution in [0.5, 0.6) is 0 Å². The van der Waals surface area contributed by atoms with Gasteiger partial charge in [-0.1, -0.05) is 31.7 Å². The van der Waals surface area contributed by atoms with E-state index in [0.717, 1.165) is 50.5 Å². The minimum Gasteiger partial charge on any atom is -0.336 e. The molecule has 1 unspecified atom stereocenters. The molecule has 1 atom stereocenters. The summed E-state index contributed by atoms with van der Waals surface area (Å²) < 4.78 is 28.1. The minimum atomic E-state index is -3.58. The van der Waals surface area contributed by atoms with E-state index in [0.29, 0.717) is 18.7 Å². The quantitative estimate of drug-likeness (QED) is 0.730. The standard InChI is InChI=1S/C22H34N2O3S/c1-4-23(19-11-6-5-7-12-19)22(25)21-16-20(14-13-17(21)2)28(26,27)24-15-9-8-10-18(24)3/h13-14,16,18-19H,4-12,15H2,1-3H3. The average Bonchev–Trinajstić information content (AvgIpc) is 2.69. The van der Waals surface area contributed by atoms with Gasteiger partial charge in [-0.05, 0) is 64.2 Å². The fraction of sp³-hybridized carbons (Fsp3) is 0.682. The molecule has 1 amide bonds. The highest BCUT2D eigenvalue weighted by atomic mass is 32.2. The van der Waals surface area contributed by atoms with Gasteiger partial charge in [-0.25, -0.2) is 8.42 Å². The average molecular weight is 407 g/mol. The maximum Gasteiger partial charge on any atom is 0.254 e. The van der Waals surface area contributed by atoms with Crippen LogP contribution < -0.4 is 0 Å². The van der Waals surface area contributed by atoms with Gasteiger partial charge in [-0.2, -0.15) is 4.31 Å². The fourth-order valence-corrected chi connectivity index (χ4v) is 6.40. The van der Waals surface area contributed by atoms with Gasteiger partial charge in [0.1, 0.15) is 0 Å². The lowest BCUT2D eigenvalue weighted by Crippen LogP contribution is -2.42. The molecule has 0 bridgehead atoms. The van der Waals surface area contributed by atoms with Gasteiger partial charge in [-0.15, -0.1) is 0 Å². The summed E-state index contributed by atoms with van der Waals surface area (Å²) in [5, 5.41) is 0. The third-order valence-electron chi connectivity index (χ3n) is 6.41. The van der Waals surface area contributed by atoms with Gasteiger partial charge in [0.25, 0.3) is 5.91 Å². The molecule has 6 heteroatoms. The van der Waals surface area contributed by atoms with Gasteiger partial charge < -0.3 is 4.90 Å². The van der Waals surface area contributed by atoms with Crippen LogP contribution in [0.15, 0.2) is 23.1 Å². The number of nitrogens with zero attached hydrogens (tertiary/aromatic N) is 2. The Labute approximate surface area is 170 Å². The van der Waals surface area contributed by atoms with Crippen molar-refractivity contribution >= 4 is 15.9 Å². The van der Waals surface area contributed by atoms with Crippen LogP contribution in [0, 0.1) is 6.92 Å². The number of benzene rings is 1. The van der Waals surface area contributed by atoms with Gasteiger partial charge in [0.15, 0.2) is 0 Å². The number of sulfonamides is 1. The maximum absolute atomic E-state index is 13.3. The summed E-state index contributed by atoms with van der Waals surface area (Å²) in [6, 6.07) is 5.32. The second-order valence-corrected chi connectivity index (χ2v) is 10.2. The summed E-state index contributed by atoms with van der Waals surface area (Å²) in [6.45, 7) is 7.09. The van der Waals surface area contributed by atoms with E-state index in [4.69, 9.17) is 0 Å². The first kappa shape index (κ1) is 21.3. The monoisotopic (exact) mass is 406 g/mol. The number of piperidine rings is 1. The molecule has 1 saturated carbocycles. The van der Waals surface area contributed by atoms with Gasteiger partial charge in [0.05, 0.1) is 4.90 Å². The molecule has 0 aromatic heterocycles. The van der Waals surface area contributed by atoms with Crippen molar-refractivity contribution in [1.82, 2.24) is 9.21 Å². The van der Waals surface area contributed by atoms with Crippen molar-refractivity contribution in [3.8, 4) is 0 Å². The number of hydrogen-bond donors (Lipinski definition) is 0. The van der Waals surface area contributed by atoms with Crippen molar-refractivity contribution in [2.75, 3.05) is 13.1 Å². The smallest absolute Gasteiger partial charge is 0.254 e. The molecule has 2 aliphatic rings. The second kappa shape index (κ2) is 8.95. The Kier molecular flexibility index (Phi) is 6.81. The Hall–Kier alpha value is -1.40. The molecule has 1 aromatic rings. The van der Waals surface area contributed by atoms with Crippen LogP contribution in [0.4, 0.5) is 0 Å². The summed E-state index contributed by atoms with van der Waals surface area (Å²) in [5.41, 5.74) is 1.36. The third kappa shape index (κ3) is 4.28. The molecule has 0 radical (unpaired) electrons. The molecule has 5 nitrogen and oxygen atoms in total. The van der Waals surface area contributed by atoms with E-state index in [9.17, 15) is 13.2 Å². The molecule has 0 spiro atoms. The normalized spacial score (nSPS) is 22.2. The Morgan fingerprint density at radius 2 is 1.79 bits per heavy atom. The molecular weight excluding hydrogens is 372 g/mol. The lowest BCUT2D eigenvalue weighted by Gasteiger charge is -2.34. The number of carbonyl (C=O) groups is 1. The predicted octanol–water partition coefficient (Wildman–Crippen LogP) is 4.35. The van der Waals surface area contributed by atoms with Gasteiger partial charge in [-0.3, -0.25) is 4.79 Å². The number of rotatable bonds is 5. The molecule has 1 aromatic carbocycles. The van der Waals surface area contributed by atoms with Crippen LogP contribution in [0.2, 0.25) is 0 Å². The van der Waals surface area contributed by atoms with E-state index < -0.39 is 10.0 Å². The first-order chi connectivity index (χ1) is 13.4. The highest BCUT2D eigenvalue weighted by Crippen LogP contribution is 2.28. The van der Waals surface area contributed by atoms with Crippen molar-refractivity contribution in [2.24, 2.45) is 0 Å². The molecule has 156 valence electrons. The van der Waals surface area contributed by atoms with E-state index in [2.05, 4.69) is 0 Å². The number of aryl methyl sites for hydroxylation is 1. The second-order valence-electron chi connectivity index (χ2n) is 8.32. The number of amides is 1. The first-order valence-electron chi connectivity index (χ1n) is 10.8.